The van der Waals surface area contributed by atoms with Gasteiger partial charge in [0.15, 0.2) is 0 Å². The molecule has 0 radical (unpaired) electrons. The van der Waals surface area contributed by atoms with Gasteiger partial charge in [0.05, 0.1) is 6.54 Å². The minimum atomic E-state index is -0.359. The Morgan fingerprint density at radius 2 is 1.70 bits per heavy atom. The van der Waals surface area contributed by atoms with Crippen molar-refractivity contribution in [3.63, 3.8) is 0 Å². The highest BCUT2D eigenvalue weighted by atomic mass is 127. The van der Waals surface area contributed by atoms with Gasteiger partial charge in [0.1, 0.15) is 11.6 Å². The predicted octanol–water partition coefficient (Wildman–Crippen LogP) is 3.62. The third-order valence-electron chi connectivity index (χ3n) is 2.50. The van der Waals surface area contributed by atoms with E-state index < -0.39 is 0 Å². The largest absolute Gasteiger partial charge is 0.375 e. The lowest BCUT2D eigenvalue weighted by atomic mass is 10.3. The van der Waals surface area contributed by atoms with Gasteiger partial charge in [-0.2, -0.15) is 0 Å². The molecule has 0 unspecified atom stereocenters. The summed E-state index contributed by atoms with van der Waals surface area (Å²) in [7, 11) is 0. The van der Waals surface area contributed by atoms with Crippen molar-refractivity contribution in [2.45, 2.75) is 0 Å². The molecule has 0 spiro atoms. The molecule has 0 aromatic heterocycles. The van der Waals surface area contributed by atoms with Crippen molar-refractivity contribution in [1.82, 2.24) is 0 Å². The molecule has 0 bridgehead atoms. The van der Waals surface area contributed by atoms with Gasteiger partial charge in [-0.25, -0.2) is 8.78 Å². The monoisotopic (exact) mass is 388 g/mol. The van der Waals surface area contributed by atoms with E-state index in [0.717, 1.165) is 0 Å². The molecule has 0 fully saturated rings. The fraction of sp³-hybridized carbons (Fsp3) is 0.0714. The standard InChI is InChI=1S/C14H11F2IN2O/c15-9-1-4-11(5-2-9)19-14(20)8-18-13-6-3-10(16)7-12(13)17/h1-7,18H,8H2,(H,19,20). The number of nitrogens with one attached hydrogen (secondary N) is 2. The van der Waals surface area contributed by atoms with Crippen LogP contribution in [0.4, 0.5) is 20.2 Å². The fourth-order valence-corrected chi connectivity index (χ4v) is 2.21. The van der Waals surface area contributed by atoms with Crippen molar-refractivity contribution in [2.75, 3.05) is 17.2 Å². The Morgan fingerprint density at radius 3 is 2.35 bits per heavy atom. The predicted molar refractivity (Wildman–Crippen MR) is 82.6 cm³/mol. The van der Waals surface area contributed by atoms with Crippen LogP contribution in [0, 0.1) is 15.2 Å². The van der Waals surface area contributed by atoms with E-state index in [1.165, 1.54) is 36.4 Å². The van der Waals surface area contributed by atoms with Crippen molar-refractivity contribution in [1.29, 1.82) is 0 Å². The summed E-state index contributed by atoms with van der Waals surface area (Å²) in [5, 5.41) is 5.54. The van der Waals surface area contributed by atoms with Crippen molar-refractivity contribution < 1.29 is 13.6 Å². The highest BCUT2D eigenvalue weighted by Crippen LogP contribution is 2.18. The van der Waals surface area contributed by atoms with Crippen molar-refractivity contribution in [3.05, 3.63) is 57.7 Å². The van der Waals surface area contributed by atoms with Gasteiger partial charge in [-0.1, -0.05) is 0 Å². The molecule has 20 heavy (non-hydrogen) atoms. The molecule has 2 rings (SSSR count). The van der Waals surface area contributed by atoms with Gasteiger partial charge in [0, 0.05) is 14.9 Å². The molecule has 2 N–H and O–H groups in total. The number of carbonyl (C=O) groups is 1. The van der Waals surface area contributed by atoms with Crippen LogP contribution in [-0.4, -0.2) is 12.5 Å². The summed E-state index contributed by atoms with van der Waals surface area (Å²) in [6, 6.07) is 9.77. The van der Waals surface area contributed by atoms with Crippen LogP contribution in [0.25, 0.3) is 0 Å². The third kappa shape index (κ3) is 4.16. The topological polar surface area (TPSA) is 41.1 Å². The first-order valence-electron chi connectivity index (χ1n) is 5.79. The molecular formula is C14H11F2IN2O. The van der Waals surface area contributed by atoms with Gasteiger partial charge in [-0.15, -0.1) is 0 Å². The second kappa shape index (κ2) is 6.65. The zero-order chi connectivity index (χ0) is 14.5. The number of hydrogen-bond acceptors (Lipinski definition) is 2. The lowest BCUT2D eigenvalue weighted by Gasteiger charge is -2.09. The van der Waals surface area contributed by atoms with E-state index in [-0.39, 0.29) is 24.1 Å². The van der Waals surface area contributed by atoms with Gasteiger partial charge in [-0.3, -0.25) is 4.79 Å². The zero-order valence-electron chi connectivity index (χ0n) is 10.3. The van der Waals surface area contributed by atoms with Crippen LogP contribution in [0.2, 0.25) is 0 Å². The molecule has 2 aromatic carbocycles. The first-order chi connectivity index (χ1) is 9.54. The Kier molecular flexibility index (Phi) is 4.89. The quantitative estimate of drug-likeness (QED) is 0.786. The minimum absolute atomic E-state index is 0.0407. The van der Waals surface area contributed by atoms with Gasteiger partial charge in [-0.05, 0) is 65.1 Å². The summed E-state index contributed by atoms with van der Waals surface area (Å²) < 4.78 is 26.3. The van der Waals surface area contributed by atoms with Gasteiger partial charge >= 0.3 is 0 Å². The summed E-state index contributed by atoms with van der Waals surface area (Å²) in [6.07, 6.45) is 0. The first kappa shape index (κ1) is 14.7. The Balaban J connectivity index is 1.90. The normalized spacial score (nSPS) is 10.2. The molecule has 2 aromatic rings. The summed E-state index contributed by atoms with van der Waals surface area (Å²) in [4.78, 5) is 11.7. The Bertz CT molecular complexity index is 617. The third-order valence-corrected chi connectivity index (χ3v) is 3.39. The van der Waals surface area contributed by atoms with Crippen LogP contribution in [0.3, 0.4) is 0 Å². The molecule has 3 nitrogen and oxygen atoms in total. The number of carbonyl (C=O) groups excluding carboxylic acids is 1. The highest BCUT2D eigenvalue weighted by molar-refractivity contribution is 14.1. The molecule has 0 atom stereocenters. The fourth-order valence-electron chi connectivity index (χ4n) is 1.55. The van der Waals surface area contributed by atoms with Crippen LogP contribution < -0.4 is 10.6 Å². The Hall–Kier alpha value is -1.70. The average Bonchev–Trinajstić information content (AvgIpc) is 2.40. The molecular weight excluding hydrogens is 377 g/mol. The van der Waals surface area contributed by atoms with E-state index in [4.69, 9.17) is 0 Å². The summed E-state index contributed by atoms with van der Waals surface area (Å²) >= 11 is 1.98. The number of halogens is 3. The number of amides is 1. The second-order valence-corrected chi connectivity index (χ2v) is 5.19. The van der Waals surface area contributed by atoms with Crippen molar-refractivity contribution >= 4 is 39.9 Å². The maximum Gasteiger partial charge on any atom is 0.243 e. The number of benzene rings is 2. The molecule has 0 aliphatic heterocycles. The molecule has 0 aliphatic carbocycles. The summed E-state index contributed by atoms with van der Waals surface area (Å²) in [6.45, 7) is 0.0407. The van der Waals surface area contributed by atoms with E-state index in [1.807, 2.05) is 22.6 Å². The summed E-state index contributed by atoms with van der Waals surface area (Å²) in [5.74, 6) is -0.950. The smallest absolute Gasteiger partial charge is 0.243 e. The van der Waals surface area contributed by atoms with Crippen LogP contribution in [0.15, 0.2) is 42.5 Å². The lowest BCUT2D eigenvalue weighted by molar-refractivity contribution is -0.114. The lowest BCUT2D eigenvalue weighted by Crippen LogP contribution is -2.22. The zero-order valence-corrected chi connectivity index (χ0v) is 12.4. The van der Waals surface area contributed by atoms with E-state index in [2.05, 4.69) is 10.6 Å². The SMILES string of the molecule is O=C(CNc1ccc(F)cc1I)Nc1ccc(F)cc1. The van der Waals surface area contributed by atoms with Gasteiger partial charge < -0.3 is 10.6 Å². The van der Waals surface area contributed by atoms with E-state index in [9.17, 15) is 13.6 Å². The van der Waals surface area contributed by atoms with Crippen molar-refractivity contribution in [2.24, 2.45) is 0 Å². The highest BCUT2D eigenvalue weighted by Gasteiger charge is 2.05. The van der Waals surface area contributed by atoms with Gasteiger partial charge in [0.25, 0.3) is 0 Å². The number of hydrogen-bond donors (Lipinski definition) is 2. The Labute approximate surface area is 128 Å². The average molecular weight is 388 g/mol. The van der Waals surface area contributed by atoms with Crippen LogP contribution in [-0.2, 0) is 4.79 Å². The van der Waals surface area contributed by atoms with Crippen LogP contribution in [0.1, 0.15) is 0 Å². The molecule has 0 heterocycles. The molecule has 6 heteroatoms. The van der Waals surface area contributed by atoms with Crippen LogP contribution in [0.5, 0.6) is 0 Å². The second-order valence-electron chi connectivity index (χ2n) is 4.03. The molecule has 0 saturated carbocycles. The summed E-state index contributed by atoms with van der Waals surface area (Å²) in [5.41, 5.74) is 1.20. The minimum Gasteiger partial charge on any atom is -0.375 e. The van der Waals surface area contributed by atoms with E-state index in [0.29, 0.717) is 14.9 Å². The number of rotatable bonds is 4. The first-order valence-corrected chi connectivity index (χ1v) is 6.87. The number of anilines is 2. The maximum atomic E-state index is 12.9. The molecule has 0 aliphatic rings. The van der Waals surface area contributed by atoms with E-state index in [1.54, 1.807) is 6.07 Å². The molecule has 1 amide bonds. The molecule has 0 saturated heterocycles. The maximum absolute atomic E-state index is 12.9. The molecule has 104 valence electrons. The van der Waals surface area contributed by atoms with E-state index >= 15 is 0 Å². The Morgan fingerprint density at radius 1 is 1.05 bits per heavy atom. The van der Waals surface area contributed by atoms with Gasteiger partial charge in [0.2, 0.25) is 5.91 Å². The van der Waals surface area contributed by atoms with Crippen molar-refractivity contribution in [3.8, 4) is 0 Å². The van der Waals surface area contributed by atoms with Crippen LogP contribution >= 0.6 is 22.6 Å².